The fourth-order valence-electron chi connectivity index (χ4n) is 5.23. The molecule has 10 heteroatoms. The molecule has 10 nitrogen and oxygen atoms in total. The molecule has 1 N–H and O–H groups in total. The number of oxazole rings is 1. The van der Waals surface area contributed by atoms with Crippen LogP contribution in [0.25, 0.3) is 0 Å². The fourth-order valence-corrected chi connectivity index (χ4v) is 5.23. The molecule has 2 fully saturated rings. The number of amides is 4. The quantitative estimate of drug-likeness (QED) is 0.613. The van der Waals surface area contributed by atoms with E-state index in [4.69, 9.17) is 9.15 Å². The molecule has 4 amide bonds. The van der Waals surface area contributed by atoms with Gasteiger partial charge in [-0.25, -0.2) is 4.98 Å². The lowest BCUT2D eigenvalue weighted by Crippen LogP contribution is -2.52. The molecule has 36 heavy (non-hydrogen) atoms. The van der Waals surface area contributed by atoms with Crippen molar-refractivity contribution in [1.82, 2.24) is 20.1 Å². The monoisotopic (exact) mass is 494 g/mol. The SMILES string of the molecule is CC(C)c1ncoc1C(=O)N1CCCC[C@@H]1COc1ccc2c(c1)CN(C1CCC(=O)NC1=O)C2=O. The summed E-state index contributed by atoms with van der Waals surface area (Å²) in [6.45, 7) is 5.19. The standard InChI is InChI=1S/C26H30N4O6/c1-15(2)22-23(36-14-27-22)26(34)29-10-4-3-5-17(29)13-35-18-6-7-19-16(11-18)12-30(25(19)33)20-8-9-21(31)28-24(20)32/h6-7,11,14-15,17,20H,3-5,8-10,12-13H2,1-2H3,(H,28,31,32)/t17-,20?/m1/s1. The minimum atomic E-state index is -0.652. The number of likely N-dealkylation sites (tertiary alicyclic amines) is 1. The molecule has 3 aliphatic heterocycles. The summed E-state index contributed by atoms with van der Waals surface area (Å²) in [5, 5.41) is 2.32. The number of fused-ring (bicyclic) bond motifs is 1. The maximum atomic E-state index is 13.3. The number of carbonyl (C=O) groups is 4. The predicted octanol–water partition coefficient (Wildman–Crippen LogP) is 2.63. The second-order valence-corrected chi connectivity index (χ2v) is 9.90. The number of hydrogen-bond donors (Lipinski definition) is 1. The number of nitrogens with one attached hydrogen (secondary N) is 1. The van der Waals surface area contributed by atoms with Crippen molar-refractivity contribution in [3.05, 3.63) is 47.2 Å². The van der Waals surface area contributed by atoms with Crippen LogP contribution in [-0.2, 0) is 16.1 Å². The molecular formula is C26H30N4O6. The minimum Gasteiger partial charge on any atom is -0.491 e. The topological polar surface area (TPSA) is 122 Å². The first-order valence-electron chi connectivity index (χ1n) is 12.5. The van der Waals surface area contributed by atoms with Crippen molar-refractivity contribution in [3.63, 3.8) is 0 Å². The number of hydrogen-bond acceptors (Lipinski definition) is 7. The summed E-state index contributed by atoms with van der Waals surface area (Å²) in [7, 11) is 0. The molecule has 1 aromatic heterocycles. The summed E-state index contributed by atoms with van der Waals surface area (Å²) in [6.07, 6.45) is 4.61. The molecular weight excluding hydrogens is 464 g/mol. The maximum Gasteiger partial charge on any atom is 0.291 e. The van der Waals surface area contributed by atoms with Gasteiger partial charge in [-0.3, -0.25) is 24.5 Å². The summed E-state index contributed by atoms with van der Waals surface area (Å²) >= 11 is 0. The van der Waals surface area contributed by atoms with E-state index in [9.17, 15) is 19.2 Å². The minimum absolute atomic E-state index is 0.0797. The van der Waals surface area contributed by atoms with E-state index in [2.05, 4.69) is 10.3 Å². The summed E-state index contributed by atoms with van der Waals surface area (Å²) in [5.74, 6) is -0.148. The lowest BCUT2D eigenvalue weighted by Gasteiger charge is -2.35. The summed E-state index contributed by atoms with van der Waals surface area (Å²) in [5.41, 5.74) is 1.98. The van der Waals surface area contributed by atoms with Crippen LogP contribution < -0.4 is 10.1 Å². The van der Waals surface area contributed by atoms with Crippen LogP contribution in [0.4, 0.5) is 0 Å². The van der Waals surface area contributed by atoms with Crippen molar-refractivity contribution < 1.29 is 28.3 Å². The highest BCUT2D eigenvalue weighted by molar-refractivity contribution is 6.05. The van der Waals surface area contributed by atoms with E-state index >= 15 is 0 Å². The molecule has 0 spiro atoms. The Kier molecular flexibility index (Phi) is 6.51. The Morgan fingerprint density at radius 2 is 2.06 bits per heavy atom. The zero-order valence-corrected chi connectivity index (χ0v) is 20.5. The van der Waals surface area contributed by atoms with Crippen LogP contribution in [0.3, 0.4) is 0 Å². The van der Waals surface area contributed by atoms with Gasteiger partial charge in [0.1, 0.15) is 18.4 Å². The Morgan fingerprint density at radius 3 is 2.83 bits per heavy atom. The van der Waals surface area contributed by atoms with Gasteiger partial charge in [-0.15, -0.1) is 0 Å². The van der Waals surface area contributed by atoms with Gasteiger partial charge in [0.15, 0.2) is 6.39 Å². The molecule has 0 saturated carbocycles. The Balaban J connectivity index is 1.26. The Morgan fingerprint density at radius 1 is 1.22 bits per heavy atom. The molecule has 0 bridgehead atoms. The Hall–Kier alpha value is -3.69. The van der Waals surface area contributed by atoms with Gasteiger partial charge in [0.25, 0.3) is 11.8 Å². The summed E-state index contributed by atoms with van der Waals surface area (Å²) in [6, 6.07) is 4.52. The van der Waals surface area contributed by atoms with Crippen LogP contribution in [0, 0.1) is 0 Å². The third-order valence-electron chi connectivity index (χ3n) is 7.16. The first-order valence-corrected chi connectivity index (χ1v) is 12.5. The van der Waals surface area contributed by atoms with Crippen molar-refractivity contribution in [3.8, 4) is 5.75 Å². The van der Waals surface area contributed by atoms with Gasteiger partial charge in [0, 0.05) is 25.1 Å². The van der Waals surface area contributed by atoms with E-state index in [0.29, 0.717) is 42.3 Å². The van der Waals surface area contributed by atoms with Crippen LogP contribution in [0.2, 0.25) is 0 Å². The van der Waals surface area contributed by atoms with Gasteiger partial charge in [-0.1, -0.05) is 13.8 Å². The molecule has 0 aliphatic carbocycles. The molecule has 0 radical (unpaired) electrons. The fraction of sp³-hybridized carbons (Fsp3) is 0.500. The van der Waals surface area contributed by atoms with E-state index in [1.54, 1.807) is 12.1 Å². The average molecular weight is 495 g/mol. The second-order valence-electron chi connectivity index (χ2n) is 9.90. The van der Waals surface area contributed by atoms with Crippen molar-refractivity contribution in [2.24, 2.45) is 0 Å². The molecule has 2 atom stereocenters. The zero-order chi connectivity index (χ0) is 25.4. The first kappa shape index (κ1) is 24.0. The first-order chi connectivity index (χ1) is 17.3. The summed E-state index contributed by atoms with van der Waals surface area (Å²) < 4.78 is 11.6. The normalized spacial score (nSPS) is 22.1. The number of rotatable bonds is 6. The van der Waals surface area contributed by atoms with Crippen LogP contribution >= 0.6 is 0 Å². The zero-order valence-electron chi connectivity index (χ0n) is 20.5. The molecule has 2 aromatic rings. The van der Waals surface area contributed by atoms with Crippen LogP contribution in [0.15, 0.2) is 29.0 Å². The number of piperidine rings is 2. The van der Waals surface area contributed by atoms with Gasteiger partial charge in [-0.05, 0) is 55.4 Å². The van der Waals surface area contributed by atoms with Crippen molar-refractivity contribution in [1.29, 1.82) is 0 Å². The Labute approximate surface area is 209 Å². The number of aromatic nitrogens is 1. The second kappa shape index (κ2) is 9.75. The smallest absolute Gasteiger partial charge is 0.291 e. The molecule has 4 heterocycles. The highest BCUT2D eigenvalue weighted by atomic mass is 16.5. The predicted molar refractivity (Wildman–Crippen MR) is 127 cm³/mol. The van der Waals surface area contributed by atoms with Gasteiger partial charge in [0.05, 0.1) is 11.7 Å². The number of ether oxygens (including phenoxy) is 1. The van der Waals surface area contributed by atoms with Crippen molar-refractivity contribution in [2.45, 2.75) is 70.5 Å². The highest BCUT2D eigenvalue weighted by Gasteiger charge is 2.39. The van der Waals surface area contributed by atoms with Gasteiger partial charge < -0.3 is 19.0 Å². The third-order valence-corrected chi connectivity index (χ3v) is 7.16. The number of nitrogens with zero attached hydrogens (tertiary/aromatic N) is 3. The van der Waals surface area contributed by atoms with E-state index < -0.39 is 11.9 Å². The summed E-state index contributed by atoms with van der Waals surface area (Å²) in [4.78, 5) is 57.5. The molecule has 5 rings (SSSR count). The van der Waals surface area contributed by atoms with Crippen LogP contribution in [0.5, 0.6) is 5.75 Å². The van der Waals surface area contributed by atoms with Gasteiger partial charge in [0.2, 0.25) is 17.6 Å². The number of benzene rings is 1. The van der Waals surface area contributed by atoms with Crippen LogP contribution in [0.1, 0.15) is 84.0 Å². The van der Waals surface area contributed by atoms with Crippen molar-refractivity contribution in [2.75, 3.05) is 13.2 Å². The lowest BCUT2D eigenvalue weighted by atomic mass is 10.0. The number of carbonyl (C=O) groups excluding carboxylic acids is 4. The molecule has 2 saturated heterocycles. The largest absolute Gasteiger partial charge is 0.491 e. The van der Waals surface area contributed by atoms with E-state index in [1.165, 1.54) is 11.3 Å². The van der Waals surface area contributed by atoms with Gasteiger partial charge in [-0.2, -0.15) is 0 Å². The molecule has 1 aromatic carbocycles. The van der Waals surface area contributed by atoms with Gasteiger partial charge >= 0.3 is 0 Å². The molecule has 1 unspecified atom stereocenters. The maximum absolute atomic E-state index is 13.3. The van der Waals surface area contributed by atoms with Crippen LogP contribution in [-0.4, -0.2) is 63.6 Å². The average Bonchev–Trinajstić information content (AvgIpc) is 3.48. The lowest BCUT2D eigenvalue weighted by molar-refractivity contribution is -0.136. The molecule has 190 valence electrons. The Bertz CT molecular complexity index is 1200. The van der Waals surface area contributed by atoms with E-state index in [0.717, 1.165) is 24.8 Å². The number of imide groups is 1. The van der Waals surface area contributed by atoms with E-state index in [-0.39, 0.29) is 42.6 Å². The molecule has 3 aliphatic rings. The third kappa shape index (κ3) is 4.47. The highest BCUT2D eigenvalue weighted by Crippen LogP contribution is 2.31. The van der Waals surface area contributed by atoms with E-state index in [1.807, 2.05) is 24.8 Å². The van der Waals surface area contributed by atoms with Crippen molar-refractivity contribution >= 4 is 23.6 Å².